The topological polar surface area (TPSA) is 49.7 Å². The summed E-state index contributed by atoms with van der Waals surface area (Å²) in [7, 11) is -1.92. The number of hydrogen-bond donors (Lipinski definition) is 2. The lowest BCUT2D eigenvalue weighted by Crippen LogP contribution is -2.49. The van der Waals surface area contributed by atoms with E-state index in [1.807, 2.05) is 11.8 Å². The summed E-state index contributed by atoms with van der Waals surface area (Å²) in [5.74, 6) is 2.26. The first-order chi connectivity index (χ1) is 18.1. The Bertz CT molecular complexity index is 931. The number of fused-ring (bicyclic) bond motifs is 5. The van der Waals surface area contributed by atoms with Crippen LogP contribution < -0.4 is 0 Å². The van der Waals surface area contributed by atoms with Crippen LogP contribution in [-0.4, -0.2) is 47.8 Å². The molecule has 0 radical (unpaired) electrons. The summed E-state index contributed by atoms with van der Waals surface area (Å²) in [6.07, 6.45) is 15.8. The molecule has 0 aromatic carbocycles. The largest absolute Gasteiger partial charge is 0.416 e. The molecule has 5 heteroatoms. The highest BCUT2D eigenvalue weighted by Gasteiger charge is 2.60. The zero-order chi connectivity index (χ0) is 28.9. The molecule has 3 nitrogen and oxygen atoms in total. The van der Waals surface area contributed by atoms with Crippen molar-refractivity contribution in [3.8, 4) is 0 Å². The highest BCUT2D eigenvalue weighted by molar-refractivity contribution is 7.99. The van der Waals surface area contributed by atoms with E-state index < -0.39 is 13.9 Å². The smallest absolute Gasteiger partial charge is 0.192 e. The van der Waals surface area contributed by atoms with Gasteiger partial charge in [0, 0.05) is 17.8 Å². The lowest BCUT2D eigenvalue weighted by Gasteiger charge is -2.55. The van der Waals surface area contributed by atoms with Gasteiger partial charge in [0.15, 0.2) is 8.32 Å². The summed E-state index contributed by atoms with van der Waals surface area (Å²) in [6.45, 7) is 21.6. The first-order valence-electron chi connectivity index (χ1n) is 16.2. The van der Waals surface area contributed by atoms with E-state index in [1.54, 1.807) is 11.1 Å². The molecule has 0 unspecified atom stereocenters. The van der Waals surface area contributed by atoms with Gasteiger partial charge in [-0.15, -0.1) is 0 Å². The van der Waals surface area contributed by atoms with Gasteiger partial charge in [-0.3, -0.25) is 0 Å². The van der Waals surface area contributed by atoms with Gasteiger partial charge in [-0.05, 0) is 104 Å². The van der Waals surface area contributed by atoms with Crippen LogP contribution in [0.5, 0.6) is 0 Å². The van der Waals surface area contributed by atoms with Crippen molar-refractivity contribution in [2.24, 2.45) is 28.6 Å². The second kappa shape index (κ2) is 11.5. The first-order valence-corrected chi connectivity index (χ1v) is 20.1. The third kappa shape index (κ3) is 5.92. The minimum absolute atomic E-state index is 0.0956. The van der Waals surface area contributed by atoms with Crippen molar-refractivity contribution in [2.45, 2.75) is 148 Å². The molecule has 3 fully saturated rings. The van der Waals surface area contributed by atoms with Crippen LogP contribution in [0, 0.1) is 28.6 Å². The van der Waals surface area contributed by atoms with Crippen LogP contribution in [0.15, 0.2) is 23.3 Å². The fraction of sp³-hybridized carbons (Fsp3) is 0.882. The van der Waals surface area contributed by atoms with Crippen LogP contribution in [0.1, 0.15) is 113 Å². The summed E-state index contributed by atoms with van der Waals surface area (Å²) >= 11 is 1.98. The molecule has 0 aromatic heterocycles. The van der Waals surface area contributed by atoms with Crippen molar-refractivity contribution in [3.63, 3.8) is 0 Å². The third-order valence-corrected chi connectivity index (χ3v) is 18.4. The van der Waals surface area contributed by atoms with Gasteiger partial charge in [-0.2, -0.15) is 11.8 Å². The van der Waals surface area contributed by atoms with Crippen molar-refractivity contribution in [1.29, 1.82) is 0 Å². The van der Waals surface area contributed by atoms with E-state index >= 15 is 0 Å². The van der Waals surface area contributed by atoms with Gasteiger partial charge >= 0.3 is 0 Å². The molecule has 0 bridgehead atoms. The van der Waals surface area contributed by atoms with E-state index in [0.717, 1.165) is 31.4 Å². The maximum Gasteiger partial charge on any atom is 0.192 e. The zero-order valence-corrected chi connectivity index (χ0v) is 28.6. The quantitative estimate of drug-likeness (QED) is 0.255. The molecule has 4 rings (SSSR count). The Hall–Kier alpha value is -0.0731. The average molecular weight is 577 g/mol. The van der Waals surface area contributed by atoms with Crippen LogP contribution in [0.2, 0.25) is 18.1 Å². The normalized spacial score (nSPS) is 36.0. The second-order valence-electron chi connectivity index (χ2n) is 15.6. The Morgan fingerprint density at radius 1 is 1.08 bits per heavy atom. The molecule has 2 N–H and O–H groups in total. The van der Waals surface area contributed by atoms with E-state index in [4.69, 9.17) is 4.43 Å². The fourth-order valence-corrected chi connectivity index (χ4v) is 11.3. The molecule has 0 amide bonds. The van der Waals surface area contributed by atoms with Crippen molar-refractivity contribution in [2.75, 3.05) is 12.4 Å². The summed E-state index contributed by atoms with van der Waals surface area (Å²) in [5.41, 5.74) is 3.19. The zero-order valence-electron chi connectivity index (χ0n) is 26.7. The van der Waals surface area contributed by atoms with E-state index in [2.05, 4.69) is 73.7 Å². The maximum absolute atomic E-state index is 11.8. The number of aliphatic hydroxyl groups is 2. The van der Waals surface area contributed by atoms with Crippen molar-refractivity contribution >= 4 is 20.1 Å². The van der Waals surface area contributed by atoms with Crippen molar-refractivity contribution in [3.05, 3.63) is 23.3 Å². The number of aliphatic hydroxyl groups excluding tert-OH is 1. The maximum atomic E-state index is 11.8. The molecule has 0 aliphatic heterocycles. The molecule has 4 aliphatic rings. The number of hydrogen-bond acceptors (Lipinski definition) is 4. The SMILES string of the molecule is CCC(O)(CC)CCS[C@@H](CO[Si](C)(C)C(C)(C)C)[C@H]1[C@@H](O)C[C@H]2C3=CC=C4CCCC[C@]4(C)[C@H]3CC[C@]12C. The van der Waals surface area contributed by atoms with E-state index in [9.17, 15) is 10.2 Å². The Morgan fingerprint density at radius 3 is 2.41 bits per heavy atom. The van der Waals surface area contributed by atoms with Crippen LogP contribution in [0.4, 0.5) is 0 Å². The van der Waals surface area contributed by atoms with E-state index in [-0.39, 0.29) is 27.7 Å². The minimum atomic E-state index is -1.92. The van der Waals surface area contributed by atoms with Crippen LogP contribution >= 0.6 is 11.8 Å². The molecule has 0 aromatic rings. The molecule has 4 aliphatic carbocycles. The van der Waals surface area contributed by atoms with Gasteiger partial charge in [-0.1, -0.05) is 78.2 Å². The lowest BCUT2D eigenvalue weighted by atomic mass is 9.50. The minimum Gasteiger partial charge on any atom is -0.416 e. The second-order valence-corrected chi connectivity index (χ2v) is 21.8. The van der Waals surface area contributed by atoms with E-state index in [1.165, 1.54) is 38.5 Å². The fourth-order valence-electron chi connectivity index (χ4n) is 8.53. The van der Waals surface area contributed by atoms with Gasteiger partial charge in [0.25, 0.3) is 0 Å². The summed E-state index contributed by atoms with van der Waals surface area (Å²) in [5, 5.41) is 23.3. The Labute approximate surface area is 246 Å². The standard InChI is InChI=1S/C34H60O3SSi/c1-10-34(36,11-2)20-21-38-29(23-37-39(8,9)31(3,4)5)30-28(35)22-27-25-16-15-24-14-12-13-18-32(24,6)26(25)17-19-33(27,30)7/h15-16,26-30,35-36H,10-14,17-23H2,1-9H3/t26-,27-,28-,29-,30+,32-,33-/m0/s1. The average Bonchev–Trinajstić information content (AvgIpc) is 3.14. The van der Waals surface area contributed by atoms with E-state index in [0.29, 0.717) is 23.9 Å². The monoisotopic (exact) mass is 576 g/mol. The van der Waals surface area contributed by atoms with Crippen molar-refractivity contribution in [1.82, 2.24) is 0 Å². The summed E-state index contributed by atoms with van der Waals surface area (Å²) in [6, 6.07) is 0. The van der Waals surface area contributed by atoms with Gasteiger partial charge < -0.3 is 14.6 Å². The number of allylic oxidation sites excluding steroid dienone is 4. The van der Waals surface area contributed by atoms with Gasteiger partial charge in [-0.25, -0.2) is 0 Å². The van der Waals surface area contributed by atoms with Gasteiger partial charge in [0.05, 0.1) is 11.7 Å². The molecule has 39 heavy (non-hydrogen) atoms. The predicted octanol–water partition coefficient (Wildman–Crippen LogP) is 8.91. The van der Waals surface area contributed by atoms with Gasteiger partial charge in [0.2, 0.25) is 0 Å². The molecule has 0 spiro atoms. The van der Waals surface area contributed by atoms with Crippen LogP contribution in [0.3, 0.4) is 0 Å². The first kappa shape index (κ1) is 31.9. The predicted molar refractivity (Wildman–Crippen MR) is 171 cm³/mol. The molecule has 0 saturated heterocycles. The Balaban J connectivity index is 1.60. The summed E-state index contributed by atoms with van der Waals surface area (Å²) in [4.78, 5) is 0. The van der Waals surface area contributed by atoms with Gasteiger partial charge in [0.1, 0.15) is 0 Å². The van der Waals surface area contributed by atoms with Crippen molar-refractivity contribution < 1.29 is 14.6 Å². The lowest BCUT2D eigenvalue weighted by molar-refractivity contribution is 0.0286. The Kier molecular flexibility index (Phi) is 9.43. The molecule has 7 atom stereocenters. The Morgan fingerprint density at radius 2 is 1.77 bits per heavy atom. The van der Waals surface area contributed by atoms with Crippen LogP contribution in [0.25, 0.3) is 0 Å². The molecule has 0 heterocycles. The highest BCUT2D eigenvalue weighted by atomic mass is 32.2. The number of thioether (sulfide) groups is 1. The number of rotatable bonds is 10. The summed E-state index contributed by atoms with van der Waals surface area (Å²) < 4.78 is 6.89. The molecular formula is C34H60O3SSi. The third-order valence-electron chi connectivity index (χ3n) is 12.6. The molecular weight excluding hydrogens is 517 g/mol. The van der Waals surface area contributed by atoms with Crippen LogP contribution in [-0.2, 0) is 4.43 Å². The molecule has 224 valence electrons. The molecule has 3 saturated carbocycles. The highest BCUT2D eigenvalue weighted by Crippen LogP contribution is 2.66.